The summed E-state index contributed by atoms with van der Waals surface area (Å²) in [6, 6.07) is 6.96. The van der Waals surface area contributed by atoms with E-state index >= 15 is 0 Å². The first-order chi connectivity index (χ1) is 7.65. The Balaban J connectivity index is 2.09. The molecule has 0 unspecified atom stereocenters. The monoisotopic (exact) mass is 251 g/mol. The maximum absolute atomic E-state index is 11.3. The molecule has 0 spiro atoms. The molecule has 5 heteroatoms. The topological polar surface area (TPSA) is 49.3 Å². The molecule has 0 bridgehead atoms. The lowest BCUT2D eigenvalue weighted by Gasteiger charge is -1.97. The number of carbonyl (C=O) groups excluding carboxylic acids is 1. The molecule has 1 saturated heterocycles. The number of rotatable bonds is 2. The summed E-state index contributed by atoms with van der Waals surface area (Å²) in [6.45, 7) is 0. The van der Waals surface area contributed by atoms with Crippen molar-refractivity contribution in [1.82, 2.24) is 5.32 Å². The van der Waals surface area contributed by atoms with Gasteiger partial charge < -0.3 is 10.4 Å². The van der Waals surface area contributed by atoms with Crippen LogP contribution in [-0.4, -0.2) is 15.3 Å². The zero-order valence-corrected chi connectivity index (χ0v) is 9.90. The van der Waals surface area contributed by atoms with E-state index in [4.69, 9.17) is 12.2 Å². The van der Waals surface area contributed by atoms with Crippen molar-refractivity contribution in [3.05, 3.63) is 40.8 Å². The summed E-state index contributed by atoms with van der Waals surface area (Å²) in [5.74, 6) is 0.0881. The zero-order valence-electron chi connectivity index (χ0n) is 8.27. The number of carbonyl (C=O) groups is 1. The minimum Gasteiger partial charge on any atom is -0.508 e. The molecule has 0 saturated carbocycles. The van der Waals surface area contributed by atoms with Crippen LogP contribution < -0.4 is 5.32 Å². The number of thioether (sulfide) groups is 1. The molecular formula is C11H9NO2S2. The SMILES string of the molecule is O=C1NC(=S)S/C1=C/Cc1cccc(O)c1. The number of allylic oxidation sites excluding steroid dienone is 1. The smallest absolute Gasteiger partial charge is 0.263 e. The van der Waals surface area contributed by atoms with Crippen LogP contribution in [0, 0.1) is 0 Å². The van der Waals surface area contributed by atoms with Gasteiger partial charge in [0.15, 0.2) is 0 Å². The molecule has 2 rings (SSSR count). The molecule has 1 aromatic rings. The number of amides is 1. The Morgan fingerprint density at radius 3 is 2.94 bits per heavy atom. The summed E-state index contributed by atoms with van der Waals surface area (Å²) < 4.78 is 0.493. The number of phenols is 1. The minimum absolute atomic E-state index is 0.143. The molecule has 0 aromatic heterocycles. The van der Waals surface area contributed by atoms with E-state index in [-0.39, 0.29) is 11.7 Å². The second-order valence-corrected chi connectivity index (χ2v) is 5.00. The summed E-state index contributed by atoms with van der Waals surface area (Å²) in [5.41, 5.74) is 0.957. The van der Waals surface area contributed by atoms with E-state index in [2.05, 4.69) is 5.32 Å². The van der Waals surface area contributed by atoms with Crippen molar-refractivity contribution < 1.29 is 9.90 Å². The molecule has 3 nitrogen and oxygen atoms in total. The second kappa shape index (κ2) is 4.67. The fourth-order valence-corrected chi connectivity index (χ4v) is 2.37. The van der Waals surface area contributed by atoms with Crippen LogP contribution in [0.2, 0.25) is 0 Å². The van der Waals surface area contributed by atoms with Crippen LogP contribution in [0.15, 0.2) is 35.2 Å². The Bertz CT molecular complexity index is 483. The Morgan fingerprint density at radius 1 is 1.50 bits per heavy atom. The first kappa shape index (κ1) is 11.2. The van der Waals surface area contributed by atoms with Gasteiger partial charge in [-0.05, 0) is 24.1 Å². The Hall–Kier alpha value is -1.33. The van der Waals surface area contributed by atoms with E-state index in [1.54, 1.807) is 18.2 Å². The van der Waals surface area contributed by atoms with E-state index in [0.29, 0.717) is 15.6 Å². The van der Waals surface area contributed by atoms with Crippen LogP contribution in [-0.2, 0) is 11.2 Å². The maximum atomic E-state index is 11.3. The molecule has 1 aromatic carbocycles. The van der Waals surface area contributed by atoms with Crippen molar-refractivity contribution in [2.75, 3.05) is 0 Å². The molecule has 2 N–H and O–H groups in total. The lowest BCUT2D eigenvalue weighted by Crippen LogP contribution is -2.17. The van der Waals surface area contributed by atoms with Crippen molar-refractivity contribution in [2.45, 2.75) is 6.42 Å². The van der Waals surface area contributed by atoms with Crippen LogP contribution in [0.3, 0.4) is 0 Å². The highest BCUT2D eigenvalue weighted by molar-refractivity contribution is 8.26. The van der Waals surface area contributed by atoms with Crippen molar-refractivity contribution in [3.63, 3.8) is 0 Å². The Kier molecular flexibility index (Phi) is 3.26. The van der Waals surface area contributed by atoms with Gasteiger partial charge in [-0.25, -0.2) is 0 Å². The highest BCUT2D eigenvalue weighted by atomic mass is 32.2. The summed E-state index contributed by atoms with van der Waals surface area (Å²) in [5, 5.41) is 11.8. The van der Waals surface area contributed by atoms with Crippen molar-refractivity contribution in [3.8, 4) is 5.75 Å². The van der Waals surface area contributed by atoms with Crippen LogP contribution in [0.25, 0.3) is 0 Å². The molecular weight excluding hydrogens is 242 g/mol. The van der Waals surface area contributed by atoms with Gasteiger partial charge in [0.05, 0.1) is 4.91 Å². The predicted molar refractivity (Wildman–Crippen MR) is 68.2 cm³/mol. The summed E-state index contributed by atoms with van der Waals surface area (Å²) in [6.07, 6.45) is 2.42. The van der Waals surface area contributed by atoms with Gasteiger partial charge in [-0.15, -0.1) is 0 Å². The average molecular weight is 251 g/mol. The van der Waals surface area contributed by atoms with Crippen molar-refractivity contribution in [1.29, 1.82) is 0 Å². The van der Waals surface area contributed by atoms with E-state index in [0.717, 1.165) is 5.56 Å². The molecule has 0 atom stereocenters. The van der Waals surface area contributed by atoms with Crippen LogP contribution >= 0.6 is 24.0 Å². The second-order valence-electron chi connectivity index (χ2n) is 3.29. The third kappa shape index (κ3) is 2.62. The van der Waals surface area contributed by atoms with Crippen LogP contribution in [0.4, 0.5) is 0 Å². The fourth-order valence-electron chi connectivity index (χ4n) is 1.35. The molecule has 0 aliphatic carbocycles. The summed E-state index contributed by atoms with van der Waals surface area (Å²) in [7, 11) is 0. The third-order valence-electron chi connectivity index (χ3n) is 2.08. The summed E-state index contributed by atoms with van der Waals surface area (Å²) >= 11 is 6.14. The van der Waals surface area contributed by atoms with E-state index in [9.17, 15) is 9.90 Å². The molecule has 1 aliphatic rings. The van der Waals surface area contributed by atoms with E-state index in [1.165, 1.54) is 11.8 Å². The number of benzene rings is 1. The quantitative estimate of drug-likeness (QED) is 0.623. The third-order valence-corrected chi connectivity index (χ3v) is 3.29. The van der Waals surface area contributed by atoms with Gasteiger partial charge in [0.2, 0.25) is 0 Å². The number of hydrogen-bond donors (Lipinski definition) is 2. The highest BCUT2D eigenvalue weighted by Crippen LogP contribution is 2.24. The Morgan fingerprint density at radius 2 is 2.31 bits per heavy atom. The number of nitrogens with one attached hydrogen (secondary N) is 1. The van der Waals surface area contributed by atoms with E-state index in [1.807, 2.05) is 12.1 Å². The lowest BCUT2D eigenvalue weighted by molar-refractivity contribution is -0.115. The number of thiocarbonyl (C=S) groups is 1. The highest BCUT2D eigenvalue weighted by Gasteiger charge is 2.21. The maximum Gasteiger partial charge on any atom is 0.263 e. The Labute approximate surface area is 103 Å². The molecule has 82 valence electrons. The minimum atomic E-state index is -0.143. The molecule has 0 radical (unpaired) electrons. The first-order valence-corrected chi connectivity index (χ1v) is 5.89. The molecule has 1 fully saturated rings. The molecule has 1 aliphatic heterocycles. The van der Waals surface area contributed by atoms with Gasteiger partial charge in [0.1, 0.15) is 10.1 Å². The van der Waals surface area contributed by atoms with Gasteiger partial charge in [0, 0.05) is 0 Å². The van der Waals surface area contributed by atoms with Gasteiger partial charge in [-0.1, -0.05) is 42.2 Å². The van der Waals surface area contributed by atoms with Gasteiger partial charge in [0.25, 0.3) is 5.91 Å². The largest absolute Gasteiger partial charge is 0.508 e. The zero-order chi connectivity index (χ0) is 11.5. The number of aromatic hydroxyl groups is 1. The normalized spacial score (nSPS) is 17.9. The first-order valence-electron chi connectivity index (χ1n) is 4.66. The standard InChI is InChI=1S/C11H9NO2S2/c13-8-3-1-2-7(6-8)4-5-9-10(14)12-11(15)16-9/h1-3,5-6,13H,4H2,(H,12,14,15)/b9-5+. The number of phenolic OH excluding ortho intramolecular Hbond substituents is 1. The van der Waals surface area contributed by atoms with Gasteiger partial charge in [-0.2, -0.15) is 0 Å². The fraction of sp³-hybridized carbons (Fsp3) is 0.0909. The van der Waals surface area contributed by atoms with Crippen molar-refractivity contribution in [2.24, 2.45) is 0 Å². The summed E-state index contributed by atoms with van der Waals surface area (Å²) in [4.78, 5) is 12.0. The predicted octanol–water partition coefficient (Wildman–Crippen LogP) is 1.97. The lowest BCUT2D eigenvalue weighted by atomic mass is 10.1. The van der Waals surface area contributed by atoms with Gasteiger partial charge >= 0.3 is 0 Å². The van der Waals surface area contributed by atoms with Crippen molar-refractivity contribution >= 4 is 34.2 Å². The number of hydrogen-bond acceptors (Lipinski definition) is 4. The molecule has 1 amide bonds. The average Bonchev–Trinajstić information content (AvgIpc) is 2.54. The van der Waals surface area contributed by atoms with Gasteiger partial charge in [-0.3, -0.25) is 4.79 Å². The van der Waals surface area contributed by atoms with Crippen LogP contribution in [0.5, 0.6) is 5.75 Å². The molecule has 16 heavy (non-hydrogen) atoms. The van der Waals surface area contributed by atoms with Crippen LogP contribution in [0.1, 0.15) is 5.56 Å². The molecule has 1 heterocycles. The van der Waals surface area contributed by atoms with E-state index < -0.39 is 0 Å².